The van der Waals surface area contributed by atoms with E-state index in [1.54, 1.807) is 7.11 Å². The minimum absolute atomic E-state index is 0.0299. The number of nitrogens with one attached hydrogen (secondary N) is 1. The van der Waals surface area contributed by atoms with Crippen LogP contribution in [0.15, 0.2) is 35.5 Å². The summed E-state index contributed by atoms with van der Waals surface area (Å²) >= 11 is 0. The van der Waals surface area contributed by atoms with Crippen LogP contribution in [0.4, 0.5) is 0 Å². The van der Waals surface area contributed by atoms with E-state index < -0.39 is 0 Å². The number of ether oxygens (including phenoxy) is 1. The van der Waals surface area contributed by atoms with Crippen molar-refractivity contribution in [3.63, 3.8) is 0 Å². The van der Waals surface area contributed by atoms with Crippen molar-refractivity contribution in [2.24, 2.45) is 10.9 Å². The number of hydrogen-bond donors (Lipinski definition) is 3. The molecule has 0 radical (unpaired) electrons. The smallest absolute Gasteiger partial charge is 0.141 e. The minimum atomic E-state index is 0.0299. The fraction of sp³-hybridized carbons (Fsp3) is 0.417. The molecule has 1 aromatic rings. The summed E-state index contributed by atoms with van der Waals surface area (Å²) in [7, 11) is 1.66. The van der Waals surface area contributed by atoms with Crippen LogP contribution in [0, 0.1) is 0 Å². The molecule has 1 unspecified atom stereocenters. The van der Waals surface area contributed by atoms with Gasteiger partial charge in [0.25, 0.3) is 0 Å². The number of nitrogens with two attached hydrogens (primary N) is 1. The van der Waals surface area contributed by atoms with Gasteiger partial charge in [0, 0.05) is 26.1 Å². The van der Waals surface area contributed by atoms with Crippen LogP contribution in [0.5, 0.6) is 0 Å². The lowest BCUT2D eigenvalue weighted by Crippen LogP contribution is -2.29. The summed E-state index contributed by atoms with van der Waals surface area (Å²) < 4.78 is 4.99. The van der Waals surface area contributed by atoms with Gasteiger partial charge in [-0.2, -0.15) is 0 Å². The Balaban J connectivity index is 2.65. The zero-order chi connectivity index (χ0) is 12.5. The summed E-state index contributed by atoms with van der Waals surface area (Å²) in [5.41, 5.74) is 6.65. The minimum Gasteiger partial charge on any atom is -0.409 e. The standard InChI is InChI=1S/C12H19N3O2/c1-17-8-7-14-11(9-12(13)15-16)10-5-3-2-4-6-10/h2-6,11,14,16H,7-9H2,1H3,(H2,13,15). The second-order valence-corrected chi connectivity index (χ2v) is 3.71. The van der Waals surface area contributed by atoms with Crippen LogP contribution in [0.3, 0.4) is 0 Å². The van der Waals surface area contributed by atoms with Crippen molar-refractivity contribution in [2.45, 2.75) is 12.5 Å². The van der Waals surface area contributed by atoms with Crippen molar-refractivity contribution in [1.82, 2.24) is 5.32 Å². The Bertz CT molecular complexity index is 341. The van der Waals surface area contributed by atoms with E-state index in [4.69, 9.17) is 15.7 Å². The highest BCUT2D eigenvalue weighted by atomic mass is 16.5. The Morgan fingerprint density at radius 3 is 2.76 bits per heavy atom. The maximum atomic E-state index is 8.61. The number of amidine groups is 1. The van der Waals surface area contributed by atoms with E-state index in [1.807, 2.05) is 30.3 Å². The van der Waals surface area contributed by atoms with Gasteiger partial charge in [-0.25, -0.2) is 0 Å². The van der Waals surface area contributed by atoms with E-state index in [-0.39, 0.29) is 11.9 Å². The molecule has 0 spiro atoms. The highest BCUT2D eigenvalue weighted by Crippen LogP contribution is 2.15. The molecule has 4 N–H and O–H groups in total. The Hall–Kier alpha value is -1.59. The molecule has 0 aromatic heterocycles. The number of oxime groups is 1. The first kappa shape index (κ1) is 13.5. The highest BCUT2D eigenvalue weighted by molar-refractivity contribution is 5.80. The van der Waals surface area contributed by atoms with Crippen molar-refractivity contribution in [3.8, 4) is 0 Å². The van der Waals surface area contributed by atoms with Crippen molar-refractivity contribution in [2.75, 3.05) is 20.3 Å². The van der Waals surface area contributed by atoms with Gasteiger partial charge in [0.15, 0.2) is 0 Å². The number of methoxy groups -OCH3 is 1. The van der Waals surface area contributed by atoms with Crippen LogP contribution in [0.1, 0.15) is 18.0 Å². The van der Waals surface area contributed by atoms with Gasteiger partial charge >= 0.3 is 0 Å². The summed E-state index contributed by atoms with van der Waals surface area (Å²) in [6, 6.07) is 9.94. The van der Waals surface area contributed by atoms with Crippen LogP contribution in [-0.2, 0) is 4.74 Å². The topological polar surface area (TPSA) is 79.9 Å². The summed E-state index contributed by atoms with van der Waals surface area (Å²) in [5, 5.41) is 14.9. The van der Waals surface area contributed by atoms with Crippen LogP contribution >= 0.6 is 0 Å². The molecule has 1 aromatic carbocycles. The molecule has 0 aliphatic heterocycles. The summed E-state index contributed by atoms with van der Waals surface area (Å²) in [5.74, 6) is 0.212. The van der Waals surface area contributed by atoms with E-state index >= 15 is 0 Å². The predicted molar refractivity (Wildman–Crippen MR) is 67.1 cm³/mol. The van der Waals surface area contributed by atoms with Crippen molar-refractivity contribution < 1.29 is 9.94 Å². The van der Waals surface area contributed by atoms with Gasteiger partial charge in [0.1, 0.15) is 5.84 Å². The maximum absolute atomic E-state index is 8.61. The Morgan fingerprint density at radius 2 is 2.18 bits per heavy atom. The van der Waals surface area contributed by atoms with E-state index in [0.29, 0.717) is 13.0 Å². The van der Waals surface area contributed by atoms with E-state index in [0.717, 1.165) is 12.1 Å². The lowest BCUT2D eigenvalue weighted by atomic mass is 10.0. The molecular weight excluding hydrogens is 218 g/mol. The van der Waals surface area contributed by atoms with Crippen molar-refractivity contribution in [1.29, 1.82) is 0 Å². The monoisotopic (exact) mass is 237 g/mol. The van der Waals surface area contributed by atoms with Crippen LogP contribution in [-0.4, -0.2) is 31.3 Å². The summed E-state index contributed by atoms with van der Waals surface area (Å²) in [4.78, 5) is 0. The first-order chi connectivity index (χ1) is 8.27. The molecule has 0 saturated carbocycles. The zero-order valence-electron chi connectivity index (χ0n) is 9.97. The fourth-order valence-electron chi connectivity index (χ4n) is 1.58. The maximum Gasteiger partial charge on any atom is 0.141 e. The molecule has 0 amide bonds. The van der Waals surface area contributed by atoms with Gasteiger partial charge in [0.05, 0.1) is 6.61 Å². The Labute approximate surface area is 101 Å². The molecule has 0 aliphatic carbocycles. The van der Waals surface area contributed by atoms with Gasteiger partial charge in [0.2, 0.25) is 0 Å². The fourth-order valence-corrected chi connectivity index (χ4v) is 1.58. The van der Waals surface area contributed by atoms with Crippen LogP contribution in [0.25, 0.3) is 0 Å². The lowest BCUT2D eigenvalue weighted by Gasteiger charge is -2.18. The molecule has 1 atom stereocenters. The first-order valence-corrected chi connectivity index (χ1v) is 5.51. The Morgan fingerprint density at radius 1 is 1.47 bits per heavy atom. The molecule has 94 valence electrons. The second-order valence-electron chi connectivity index (χ2n) is 3.71. The largest absolute Gasteiger partial charge is 0.409 e. The molecule has 1 rings (SSSR count). The summed E-state index contributed by atoms with van der Waals surface area (Å²) in [6.45, 7) is 1.34. The quantitative estimate of drug-likeness (QED) is 0.218. The molecule has 0 saturated heterocycles. The molecule has 17 heavy (non-hydrogen) atoms. The number of nitrogens with zero attached hydrogens (tertiary/aromatic N) is 1. The zero-order valence-corrected chi connectivity index (χ0v) is 9.97. The van der Waals surface area contributed by atoms with E-state index in [9.17, 15) is 0 Å². The molecule has 0 fully saturated rings. The highest BCUT2D eigenvalue weighted by Gasteiger charge is 2.12. The van der Waals surface area contributed by atoms with Crippen LogP contribution < -0.4 is 11.1 Å². The summed E-state index contributed by atoms with van der Waals surface area (Å²) in [6.07, 6.45) is 0.463. The lowest BCUT2D eigenvalue weighted by molar-refractivity contribution is 0.196. The Kier molecular flexibility index (Phi) is 6.06. The van der Waals surface area contributed by atoms with Gasteiger partial charge in [-0.3, -0.25) is 0 Å². The third kappa shape index (κ3) is 4.84. The average molecular weight is 237 g/mol. The predicted octanol–water partition coefficient (Wildman–Crippen LogP) is 1.10. The SMILES string of the molecule is COCCNC(CC(N)=NO)c1ccccc1. The van der Waals surface area contributed by atoms with Gasteiger partial charge in [-0.05, 0) is 5.56 Å². The van der Waals surface area contributed by atoms with E-state index in [2.05, 4.69) is 10.5 Å². The van der Waals surface area contributed by atoms with Gasteiger partial charge in [-0.1, -0.05) is 35.5 Å². The third-order valence-electron chi connectivity index (χ3n) is 2.44. The van der Waals surface area contributed by atoms with Gasteiger partial charge in [-0.15, -0.1) is 0 Å². The van der Waals surface area contributed by atoms with Crippen molar-refractivity contribution >= 4 is 5.84 Å². The van der Waals surface area contributed by atoms with Gasteiger partial charge < -0.3 is 21.0 Å². The normalized spacial score (nSPS) is 13.6. The molecule has 0 bridgehead atoms. The number of hydrogen-bond acceptors (Lipinski definition) is 4. The third-order valence-corrected chi connectivity index (χ3v) is 2.44. The second kappa shape index (κ2) is 7.65. The molecule has 5 nitrogen and oxygen atoms in total. The number of benzene rings is 1. The molecule has 0 heterocycles. The first-order valence-electron chi connectivity index (χ1n) is 5.51. The van der Waals surface area contributed by atoms with Crippen LogP contribution in [0.2, 0.25) is 0 Å². The molecule has 5 heteroatoms. The average Bonchev–Trinajstić information content (AvgIpc) is 2.38. The van der Waals surface area contributed by atoms with E-state index in [1.165, 1.54) is 0 Å². The van der Waals surface area contributed by atoms with Crippen molar-refractivity contribution in [3.05, 3.63) is 35.9 Å². The number of rotatable bonds is 7. The molecule has 0 aliphatic rings. The molecular formula is C12H19N3O2.